The molecule has 3 rings (SSSR count). The Morgan fingerprint density at radius 3 is 2.92 bits per heavy atom. The van der Waals surface area contributed by atoms with Gasteiger partial charge < -0.3 is 9.88 Å². The Kier molecular flexibility index (Phi) is 4.55. The molecule has 3 aromatic rings. The smallest absolute Gasteiger partial charge is 0.247 e. The molecule has 1 N–H and O–H groups in total. The van der Waals surface area contributed by atoms with Crippen LogP contribution in [-0.4, -0.2) is 15.5 Å². The fraction of sp³-hybridized carbons (Fsp3) is 0.0526. The van der Waals surface area contributed by atoms with E-state index in [-0.39, 0.29) is 10.9 Å². The van der Waals surface area contributed by atoms with Gasteiger partial charge in [-0.2, -0.15) is 0 Å². The highest BCUT2D eigenvalue weighted by molar-refractivity contribution is 6.30. The minimum atomic E-state index is -0.482. The molecular weight excluding hydrogens is 341 g/mol. The van der Waals surface area contributed by atoms with Gasteiger partial charge in [-0.05, 0) is 30.3 Å². The van der Waals surface area contributed by atoms with Crippen molar-refractivity contribution in [1.29, 1.82) is 0 Å². The van der Waals surface area contributed by atoms with Crippen molar-refractivity contribution in [2.45, 2.75) is 0 Å². The quantitative estimate of drug-likeness (QED) is 0.561. The van der Waals surface area contributed by atoms with E-state index in [1.807, 2.05) is 17.8 Å². The van der Waals surface area contributed by atoms with Crippen LogP contribution in [0.5, 0.6) is 0 Å². The number of carbonyl (C=O) groups is 1. The second-order valence-electron chi connectivity index (χ2n) is 5.32. The number of anilines is 1. The normalized spacial score (nSPS) is 10.2. The number of rotatable bonds is 2. The number of nitrogens with zero attached hydrogens (tertiary/aromatic N) is 2. The van der Waals surface area contributed by atoms with Crippen LogP contribution in [0.1, 0.15) is 11.1 Å². The molecule has 2 aromatic heterocycles. The molecule has 1 amide bonds. The number of hydrogen-bond donors (Lipinski definition) is 1. The number of nitrogens with one attached hydrogen (secondary N) is 1. The number of fused-ring (bicyclic) bond motifs is 1. The fourth-order valence-electron chi connectivity index (χ4n) is 2.34. The van der Waals surface area contributed by atoms with Gasteiger partial charge in [-0.15, -0.1) is 0 Å². The van der Waals surface area contributed by atoms with Crippen LogP contribution in [0.3, 0.4) is 0 Å². The van der Waals surface area contributed by atoms with Crippen LogP contribution in [0.25, 0.3) is 11.0 Å². The van der Waals surface area contributed by atoms with E-state index in [4.69, 9.17) is 11.6 Å². The van der Waals surface area contributed by atoms with Crippen molar-refractivity contribution >= 4 is 34.2 Å². The first-order valence-electron chi connectivity index (χ1n) is 7.33. The standard InChI is InChI=1S/C19H13ClFN3O/c1-3-18(25)23-14-9-15-13(11-24(2)19(15)22-10-14)6-4-12-5-7-17(21)16(20)8-12/h3,5,7-11H,1H2,2H3,(H,23,25). The average molecular weight is 354 g/mol. The van der Waals surface area contributed by atoms with Crippen molar-refractivity contribution in [3.8, 4) is 11.8 Å². The number of carbonyl (C=O) groups excluding carboxylic acids is 1. The van der Waals surface area contributed by atoms with Crippen LogP contribution < -0.4 is 5.32 Å². The maximum atomic E-state index is 13.2. The Labute approximate surface area is 148 Å². The second-order valence-corrected chi connectivity index (χ2v) is 5.73. The molecule has 0 aliphatic heterocycles. The molecule has 4 nitrogen and oxygen atoms in total. The summed E-state index contributed by atoms with van der Waals surface area (Å²) in [6, 6.07) is 6.11. The number of hydrogen-bond acceptors (Lipinski definition) is 2. The Hall–Kier alpha value is -3.10. The monoisotopic (exact) mass is 353 g/mol. The molecule has 0 aliphatic carbocycles. The van der Waals surface area contributed by atoms with Gasteiger partial charge in [-0.25, -0.2) is 9.37 Å². The lowest BCUT2D eigenvalue weighted by atomic mass is 10.1. The summed E-state index contributed by atoms with van der Waals surface area (Å²) in [4.78, 5) is 15.8. The van der Waals surface area contributed by atoms with E-state index in [0.29, 0.717) is 11.3 Å². The van der Waals surface area contributed by atoms with Crippen molar-refractivity contribution in [2.75, 3.05) is 5.32 Å². The second kappa shape index (κ2) is 6.80. The lowest BCUT2D eigenvalue weighted by Crippen LogP contribution is -2.07. The van der Waals surface area contributed by atoms with Crippen molar-refractivity contribution in [2.24, 2.45) is 7.05 Å². The van der Waals surface area contributed by atoms with Crippen molar-refractivity contribution in [3.05, 3.63) is 71.3 Å². The summed E-state index contributed by atoms with van der Waals surface area (Å²) in [6.45, 7) is 3.42. The van der Waals surface area contributed by atoms with Crippen LogP contribution in [0.2, 0.25) is 5.02 Å². The maximum absolute atomic E-state index is 13.2. The van der Waals surface area contributed by atoms with Crippen LogP contribution in [0, 0.1) is 17.7 Å². The number of pyridine rings is 1. The predicted octanol–water partition coefficient (Wildman–Crippen LogP) is 3.89. The van der Waals surface area contributed by atoms with Gasteiger partial charge in [0, 0.05) is 24.2 Å². The molecule has 0 bridgehead atoms. The number of benzene rings is 1. The molecule has 0 unspecified atom stereocenters. The first-order chi connectivity index (χ1) is 12.0. The van der Waals surface area contributed by atoms with E-state index >= 15 is 0 Å². The number of aryl methyl sites for hydroxylation is 1. The summed E-state index contributed by atoms with van der Waals surface area (Å²) >= 11 is 5.77. The molecule has 6 heteroatoms. The highest BCUT2D eigenvalue weighted by Gasteiger charge is 2.08. The van der Waals surface area contributed by atoms with Crippen LogP contribution in [0.4, 0.5) is 10.1 Å². The highest BCUT2D eigenvalue weighted by Crippen LogP contribution is 2.22. The largest absolute Gasteiger partial charge is 0.334 e. The molecule has 0 saturated heterocycles. The summed E-state index contributed by atoms with van der Waals surface area (Å²) < 4.78 is 15.1. The molecular formula is C19H13ClFN3O. The predicted molar refractivity (Wildman–Crippen MR) is 96.9 cm³/mol. The van der Waals surface area contributed by atoms with E-state index in [9.17, 15) is 9.18 Å². The SMILES string of the molecule is C=CC(=O)Nc1cnc2c(c1)c(C#Cc1ccc(F)c(Cl)c1)cn2C. The van der Waals surface area contributed by atoms with Gasteiger partial charge in [0.15, 0.2) is 0 Å². The third-order valence-corrected chi connectivity index (χ3v) is 3.82. The van der Waals surface area contributed by atoms with E-state index in [0.717, 1.165) is 16.6 Å². The van der Waals surface area contributed by atoms with Gasteiger partial charge in [-0.3, -0.25) is 4.79 Å². The zero-order valence-corrected chi connectivity index (χ0v) is 14.1. The average Bonchev–Trinajstić information content (AvgIpc) is 2.91. The van der Waals surface area contributed by atoms with Gasteiger partial charge in [0.2, 0.25) is 5.91 Å². The van der Waals surface area contributed by atoms with Crippen LogP contribution >= 0.6 is 11.6 Å². The summed E-state index contributed by atoms with van der Waals surface area (Å²) in [7, 11) is 1.86. The summed E-state index contributed by atoms with van der Waals surface area (Å²) in [5.41, 5.74) is 2.63. The molecule has 0 radical (unpaired) electrons. The zero-order chi connectivity index (χ0) is 18.0. The van der Waals surface area contributed by atoms with Gasteiger partial charge in [0.05, 0.1) is 22.5 Å². The minimum Gasteiger partial charge on any atom is -0.334 e. The minimum absolute atomic E-state index is 0.0285. The lowest BCUT2D eigenvalue weighted by Gasteiger charge is -2.02. The molecule has 0 atom stereocenters. The molecule has 2 heterocycles. The fourth-order valence-corrected chi connectivity index (χ4v) is 2.52. The Bertz CT molecular complexity index is 1060. The van der Waals surface area contributed by atoms with Crippen LogP contribution in [-0.2, 0) is 11.8 Å². The molecule has 0 aliphatic rings. The van der Waals surface area contributed by atoms with Gasteiger partial charge in [0.25, 0.3) is 0 Å². The summed E-state index contributed by atoms with van der Waals surface area (Å²) in [6.07, 6.45) is 4.60. The molecule has 0 fully saturated rings. The van der Waals surface area contributed by atoms with Crippen molar-refractivity contribution in [3.63, 3.8) is 0 Å². The molecule has 0 spiro atoms. The van der Waals surface area contributed by atoms with Gasteiger partial charge >= 0.3 is 0 Å². The zero-order valence-electron chi connectivity index (χ0n) is 13.3. The number of halogens is 2. The van der Waals surface area contributed by atoms with Crippen molar-refractivity contribution in [1.82, 2.24) is 9.55 Å². The molecule has 1 aromatic carbocycles. The van der Waals surface area contributed by atoms with E-state index < -0.39 is 5.82 Å². The summed E-state index contributed by atoms with van der Waals surface area (Å²) in [5, 5.41) is 3.50. The Morgan fingerprint density at radius 1 is 1.40 bits per heavy atom. The first kappa shape index (κ1) is 16.7. The van der Waals surface area contributed by atoms with Gasteiger partial charge in [0.1, 0.15) is 11.5 Å². The third-order valence-electron chi connectivity index (χ3n) is 3.53. The van der Waals surface area contributed by atoms with Crippen LogP contribution in [0.15, 0.2) is 49.3 Å². The Balaban J connectivity index is 2.02. The number of aromatic nitrogens is 2. The Morgan fingerprint density at radius 2 is 2.20 bits per heavy atom. The molecule has 25 heavy (non-hydrogen) atoms. The first-order valence-corrected chi connectivity index (χ1v) is 7.71. The maximum Gasteiger partial charge on any atom is 0.247 e. The van der Waals surface area contributed by atoms with Gasteiger partial charge in [-0.1, -0.05) is 30.0 Å². The highest BCUT2D eigenvalue weighted by atomic mass is 35.5. The molecule has 0 saturated carbocycles. The van der Waals surface area contributed by atoms with E-state index in [2.05, 4.69) is 28.7 Å². The summed E-state index contributed by atoms with van der Waals surface area (Å²) in [5.74, 6) is 5.20. The van der Waals surface area contributed by atoms with E-state index in [1.54, 1.807) is 18.3 Å². The topological polar surface area (TPSA) is 46.9 Å². The molecule has 124 valence electrons. The number of amides is 1. The third kappa shape index (κ3) is 3.54. The van der Waals surface area contributed by atoms with E-state index in [1.165, 1.54) is 18.2 Å². The lowest BCUT2D eigenvalue weighted by molar-refractivity contribution is -0.111. The van der Waals surface area contributed by atoms with Crippen molar-refractivity contribution < 1.29 is 9.18 Å².